The first kappa shape index (κ1) is 10.9. The third-order valence-electron chi connectivity index (χ3n) is 1.93. The predicted octanol–water partition coefficient (Wildman–Crippen LogP) is 1.76. The summed E-state index contributed by atoms with van der Waals surface area (Å²) in [6.45, 7) is 0. The Morgan fingerprint density at radius 2 is 2.25 bits per heavy atom. The molecule has 2 heterocycles. The highest BCUT2D eigenvalue weighted by molar-refractivity contribution is 9.10. The summed E-state index contributed by atoms with van der Waals surface area (Å²) in [5, 5.41) is 10.2. The largest absolute Gasteiger partial charge is 0.357 e. The maximum atomic E-state index is 4.27. The molecule has 16 heavy (non-hydrogen) atoms. The van der Waals surface area contributed by atoms with Crippen LogP contribution in [0, 0.1) is 0 Å². The van der Waals surface area contributed by atoms with Crippen molar-refractivity contribution in [3.05, 3.63) is 22.9 Å². The first-order chi connectivity index (χ1) is 7.69. The average Bonchev–Trinajstić information content (AvgIpc) is 2.67. The molecule has 0 aromatic carbocycles. The van der Waals surface area contributed by atoms with Crippen LogP contribution in [-0.4, -0.2) is 26.8 Å². The minimum Gasteiger partial charge on any atom is -0.357 e. The second-order valence-corrected chi connectivity index (χ2v) is 3.99. The number of rotatable bonds is 3. The topological polar surface area (TPSA) is 67.7 Å². The van der Waals surface area contributed by atoms with Gasteiger partial charge in [0.25, 0.3) is 0 Å². The second-order valence-electron chi connectivity index (χ2n) is 3.14. The molecule has 2 N–H and O–H groups in total. The zero-order chi connectivity index (χ0) is 11.5. The van der Waals surface area contributed by atoms with Gasteiger partial charge in [-0.15, -0.1) is 0 Å². The molecule has 2 rings (SSSR count). The third-order valence-corrected chi connectivity index (χ3v) is 2.51. The molecular weight excluding hydrogens is 272 g/mol. The van der Waals surface area contributed by atoms with Crippen molar-refractivity contribution in [2.45, 2.75) is 0 Å². The van der Waals surface area contributed by atoms with Crippen molar-refractivity contribution in [3.63, 3.8) is 0 Å². The lowest BCUT2D eigenvalue weighted by Gasteiger charge is -2.06. The molecule has 0 aliphatic heterocycles. The molecule has 0 saturated carbocycles. The molecule has 0 fully saturated rings. The molecule has 0 amide bonds. The van der Waals surface area contributed by atoms with E-state index in [4.69, 9.17) is 0 Å². The standard InChI is InChI=1S/C9H11BrN6/c1-11-9-12-5-6(10)8(14-9)13-7-3-4-16(2)15-7/h3-5H,1-2H3,(H2,11,12,13,14,15). The highest BCUT2D eigenvalue weighted by Gasteiger charge is 2.05. The number of aromatic nitrogens is 4. The highest BCUT2D eigenvalue weighted by Crippen LogP contribution is 2.22. The van der Waals surface area contributed by atoms with Gasteiger partial charge in [-0.05, 0) is 15.9 Å². The molecule has 2 aromatic rings. The Bertz CT molecular complexity index is 494. The van der Waals surface area contributed by atoms with Crippen molar-refractivity contribution in [1.82, 2.24) is 19.7 Å². The Hall–Kier alpha value is -1.63. The Kier molecular flexibility index (Phi) is 3.04. The first-order valence-corrected chi connectivity index (χ1v) is 5.45. The molecule has 0 bridgehead atoms. The van der Waals surface area contributed by atoms with E-state index in [-0.39, 0.29) is 0 Å². The van der Waals surface area contributed by atoms with Gasteiger partial charge in [0.15, 0.2) is 11.6 Å². The predicted molar refractivity (Wildman–Crippen MR) is 65.8 cm³/mol. The summed E-state index contributed by atoms with van der Waals surface area (Å²) in [4.78, 5) is 8.34. The fourth-order valence-corrected chi connectivity index (χ4v) is 1.47. The highest BCUT2D eigenvalue weighted by atomic mass is 79.9. The van der Waals surface area contributed by atoms with E-state index < -0.39 is 0 Å². The fourth-order valence-electron chi connectivity index (χ4n) is 1.18. The molecule has 0 aliphatic carbocycles. The van der Waals surface area contributed by atoms with Gasteiger partial charge in [-0.1, -0.05) is 0 Å². The second kappa shape index (κ2) is 4.48. The van der Waals surface area contributed by atoms with Crippen LogP contribution in [0.4, 0.5) is 17.6 Å². The maximum absolute atomic E-state index is 4.27. The Labute approximate surface area is 101 Å². The minimum absolute atomic E-state index is 0.557. The molecule has 6 nitrogen and oxygen atoms in total. The van der Waals surface area contributed by atoms with Crippen LogP contribution in [0.1, 0.15) is 0 Å². The smallest absolute Gasteiger partial charge is 0.224 e. The van der Waals surface area contributed by atoms with E-state index in [9.17, 15) is 0 Å². The van der Waals surface area contributed by atoms with E-state index in [0.717, 1.165) is 10.3 Å². The quantitative estimate of drug-likeness (QED) is 0.898. The number of nitrogens with one attached hydrogen (secondary N) is 2. The van der Waals surface area contributed by atoms with Crippen LogP contribution in [-0.2, 0) is 7.05 Å². The third kappa shape index (κ3) is 2.30. The summed E-state index contributed by atoms with van der Waals surface area (Å²) < 4.78 is 2.51. The van der Waals surface area contributed by atoms with Crippen molar-refractivity contribution < 1.29 is 0 Å². The monoisotopic (exact) mass is 282 g/mol. The van der Waals surface area contributed by atoms with Gasteiger partial charge >= 0.3 is 0 Å². The normalized spacial score (nSPS) is 10.2. The molecule has 0 saturated heterocycles. The Balaban J connectivity index is 2.26. The Morgan fingerprint density at radius 3 is 2.88 bits per heavy atom. The number of nitrogens with zero attached hydrogens (tertiary/aromatic N) is 4. The van der Waals surface area contributed by atoms with E-state index in [1.807, 2.05) is 19.3 Å². The van der Waals surface area contributed by atoms with Crippen LogP contribution >= 0.6 is 15.9 Å². The number of halogens is 1. The molecule has 7 heteroatoms. The summed E-state index contributed by atoms with van der Waals surface area (Å²) in [6, 6.07) is 1.87. The summed E-state index contributed by atoms with van der Waals surface area (Å²) >= 11 is 3.37. The van der Waals surface area contributed by atoms with Gasteiger partial charge in [0.05, 0.1) is 4.47 Å². The van der Waals surface area contributed by atoms with Crippen LogP contribution in [0.5, 0.6) is 0 Å². The van der Waals surface area contributed by atoms with Gasteiger partial charge < -0.3 is 10.6 Å². The Morgan fingerprint density at radius 1 is 1.44 bits per heavy atom. The summed E-state index contributed by atoms with van der Waals surface area (Å²) in [5.41, 5.74) is 0. The van der Waals surface area contributed by atoms with Crippen LogP contribution in [0.25, 0.3) is 0 Å². The molecule has 0 unspecified atom stereocenters. The van der Waals surface area contributed by atoms with Crippen molar-refractivity contribution in [2.24, 2.45) is 7.05 Å². The SMILES string of the molecule is CNc1ncc(Br)c(Nc2ccn(C)n2)n1. The minimum atomic E-state index is 0.557. The van der Waals surface area contributed by atoms with Crippen LogP contribution < -0.4 is 10.6 Å². The number of aryl methyl sites for hydroxylation is 1. The molecule has 0 spiro atoms. The number of anilines is 3. The van der Waals surface area contributed by atoms with Gasteiger partial charge in [0.1, 0.15) is 0 Å². The van der Waals surface area contributed by atoms with Crippen LogP contribution in [0.3, 0.4) is 0 Å². The van der Waals surface area contributed by atoms with E-state index in [1.54, 1.807) is 17.9 Å². The van der Waals surface area contributed by atoms with Gasteiger partial charge in [0, 0.05) is 32.6 Å². The van der Waals surface area contributed by atoms with E-state index in [0.29, 0.717) is 11.8 Å². The lowest BCUT2D eigenvalue weighted by molar-refractivity contribution is 0.771. The van der Waals surface area contributed by atoms with Crippen LogP contribution in [0.2, 0.25) is 0 Å². The lowest BCUT2D eigenvalue weighted by atomic mass is 10.5. The van der Waals surface area contributed by atoms with Gasteiger partial charge in [-0.2, -0.15) is 10.1 Å². The molecular formula is C9H11BrN6. The van der Waals surface area contributed by atoms with Crippen LogP contribution in [0.15, 0.2) is 22.9 Å². The lowest BCUT2D eigenvalue weighted by Crippen LogP contribution is -2.01. The summed E-state index contributed by atoms with van der Waals surface area (Å²) in [5.74, 6) is 1.98. The van der Waals surface area contributed by atoms with Gasteiger partial charge in [0.2, 0.25) is 5.95 Å². The van der Waals surface area contributed by atoms with Crippen molar-refractivity contribution in [3.8, 4) is 0 Å². The zero-order valence-corrected chi connectivity index (χ0v) is 10.5. The van der Waals surface area contributed by atoms with Crippen molar-refractivity contribution >= 4 is 33.5 Å². The fraction of sp³-hybridized carbons (Fsp3) is 0.222. The molecule has 2 aromatic heterocycles. The summed E-state index contributed by atoms with van der Waals surface area (Å²) in [7, 11) is 3.63. The van der Waals surface area contributed by atoms with E-state index in [1.165, 1.54) is 0 Å². The number of hydrogen-bond donors (Lipinski definition) is 2. The first-order valence-electron chi connectivity index (χ1n) is 4.66. The molecule has 84 valence electrons. The molecule has 0 radical (unpaired) electrons. The molecule has 0 atom stereocenters. The van der Waals surface area contributed by atoms with E-state index in [2.05, 4.69) is 41.6 Å². The average molecular weight is 283 g/mol. The zero-order valence-electron chi connectivity index (χ0n) is 8.90. The van der Waals surface area contributed by atoms with Crippen molar-refractivity contribution in [1.29, 1.82) is 0 Å². The number of hydrogen-bond acceptors (Lipinski definition) is 5. The van der Waals surface area contributed by atoms with Gasteiger partial charge in [-0.25, -0.2) is 4.98 Å². The molecule has 0 aliphatic rings. The van der Waals surface area contributed by atoms with Crippen molar-refractivity contribution in [2.75, 3.05) is 17.7 Å². The summed E-state index contributed by atoms with van der Waals surface area (Å²) in [6.07, 6.45) is 3.54. The van der Waals surface area contributed by atoms with E-state index >= 15 is 0 Å². The maximum Gasteiger partial charge on any atom is 0.224 e. The van der Waals surface area contributed by atoms with Gasteiger partial charge in [-0.3, -0.25) is 4.68 Å².